The number of carbonyl (C=O) groups excluding carboxylic acids is 1. The maximum Gasteiger partial charge on any atom is 0.586 e. The number of hydrogen-bond donors (Lipinski definition) is 0. The molecule has 0 bridgehead atoms. The van der Waals surface area contributed by atoms with E-state index in [1.54, 1.807) is 25.4 Å². The van der Waals surface area contributed by atoms with Crippen LogP contribution in [-0.2, 0) is 17.8 Å². The normalized spacial score (nSPS) is 16.0. The minimum Gasteiger partial charge on any atom is -0.490 e. The van der Waals surface area contributed by atoms with Crippen molar-refractivity contribution in [1.29, 1.82) is 0 Å². The summed E-state index contributed by atoms with van der Waals surface area (Å²) in [6, 6.07) is 13.4. The molecule has 1 fully saturated rings. The highest BCUT2D eigenvalue weighted by Crippen LogP contribution is 2.43. The maximum absolute atomic E-state index is 13.9. The third-order valence-electron chi connectivity index (χ3n) is 7.57. The van der Waals surface area contributed by atoms with E-state index < -0.39 is 17.8 Å². The molecule has 2 aromatic carbocycles. The zero-order valence-electron chi connectivity index (χ0n) is 23.1. The highest BCUT2D eigenvalue weighted by molar-refractivity contribution is 5.94. The lowest BCUT2D eigenvalue weighted by atomic mass is 9.97. The van der Waals surface area contributed by atoms with Crippen molar-refractivity contribution in [2.45, 2.75) is 64.4 Å². The Morgan fingerprint density at radius 2 is 1.90 bits per heavy atom. The first kappa shape index (κ1) is 27.6. The summed E-state index contributed by atoms with van der Waals surface area (Å²) in [5.74, 6) is -0.266. The zero-order valence-corrected chi connectivity index (χ0v) is 23.1. The summed E-state index contributed by atoms with van der Waals surface area (Å²) in [5.41, 5.74) is 1.39. The molecule has 0 N–H and O–H groups in total. The Morgan fingerprint density at radius 1 is 1.10 bits per heavy atom. The van der Waals surface area contributed by atoms with E-state index in [1.807, 2.05) is 24.3 Å². The molecule has 42 heavy (non-hydrogen) atoms. The number of ether oxygens (including phenoxy) is 3. The fourth-order valence-corrected chi connectivity index (χ4v) is 5.58. The van der Waals surface area contributed by atoms with Crippen molar-refractivity contribution in [3.63, 3.8) is 0 Å². The lowest BCUT2D eigenvalue weighted by Crippen LogP contribution is -2.38. The number of benzene rings is 2. The number of amides is 1. The maximum atomic E-state index is 13.9. The van der Waals surface area contributed by atoms with E-state index in [2.05, 4.69) is 19.6 Å². The van der Waals surface area contributed by atoms with E-state index in [4.69, 9.17) is 4.74 Å². The number of pyridine rings is 1. The number of likely N-dealkylation sites (N-methyl/N-ethyl adjacent to an activating group) is 1. The fourth-order valence-electron chi connectivity index (χ4n) is 5.58. The van der Waals surface area contributed by atoms with Gasteiger partial charge in [0.1, 0.15) is 12.3 Å². The molecular weight excluding hydrogens is 546 g/mol. The van der Waals surface area contributed by atoms with Gasteiger partial charge in [-0.1, -0.05) is 24.6 Å². The first-order valence-electron chi connectivity index (χ1n) is 14.1. The van der Waals surface area contributed by atoms with Crippen molar-refractivity contribution in [3.8, 4) is 17.2 Å². The fraction of sp³-hybridized carbons (Fsp3) is 0.355. The molecule has 0 saturated heterocycles. The highest BCUT2D eigenvalue weighted by Gasteiger charge is 2.43. The van der Waals surface area contributed by atoms with Gasteiger partial charge in [0.15, 0.2) is 11.5 Å². The third kappa shape index (κ3) is 5.63. The Balaban J connectivity index is 1.37. The molecule has 2 aromatic heterocycles. The average molecular weight is 577 g/mol. The van der Waals surface area contributed by atoms with Crippen molar-refractivity contribution in [1.82, 2.24) is 14.8 Å². The number of nitrogens with zero attached hydrogens (tertiary/aromatic N) is 4. The molecule has 4 aromatic rings. The van der Waals surface area contributed by atoms with Crippen LogP contribution >= 0.6 is 0 Å². The summed E-state index contributed by atoms with van der Waals surface area (Å²) < 4.78 is 43.7. The Morgan fingerprint density at radius 3 is 2.67 bits per heavy atom. The number of carbonyl (C=O) groups is 1. The van der Waals surface area contributed by atoms with Crippen LogP contribution in [0.3, 0.4) is 0 Å². The molecule has 2 aliphatic rings. The van der Waals surface area contributed by atoms with Gasteiger partial charge >= 0.3 is 6.29 Å². The molecule has 1 amide bonds. The van der Waals surface area contributed by atoms with Crippen molar-refractivity contribution in [3.05, 3.63) is 82.5 Å². The Bertz CT molecular complexity index is 1670. The van der Waals surface area contributed by atoms with Crippen LogP contribution in [-0.4, -0.2) is 39.6 Å². The monoisotopic (exact) mass is 576 g/mol. The summed E-state index contributed by atoms with van der Waals surface area (Å²) in [4.78, 5) is 33.1. The molecule has 0 radical (unpaired) electrons. The van der Waals surface area contributed by atoms with Gasteiger partial charge in [-0.25, -0.2) is 4.68 Å². The SMILES string of the molecule is CCN(C(=O)Cn1nc(Cc2cccnc2)c2cccc(OC3CCCCC3)c2c1=O)c1ccc2c(c1)OC(F)(F)O2. The average Bonchev–Trinajstić information content (AvgIpc) is 3.30. The van der Waals surface area contributed by atoms with Gasteiger partial charge in [-0.2, -0.15) is 5.10 Å². The van der Waals surface area contributed by atoms with Gasteiger partial charge in [0, 0.05) is 42.5 Å². The molecule has 9 nitrogen and oxygen atoms in total. The molecule has 0 spiro atoms. The summed E-state index contributed by atoms with van der Waals surface area (Å²) >= 11 is 0. The standard InChI is InChI=1S/C31H30F2N4O5/c1-2-36(21-13-14-25-27(17-21)42-31(32,33)41-25)28(38)19-37-30(39)29-23(24(35-37)16-20-8-7-15-34-18-20)11-6-12-26(29)40-22-9-4-3-5-10-22/h6-8,11-15,17-18,22H,2-5,9-10,16,19H2,1H3. The number of aromatic nitrogens is 3. The molecule has 1 saturated carbocycles. The van der Waals surface area contributed by atoms with E-state index in [-0.39, 0.29) is 30.7 Å². The molecule has 11 heteroatoms. The second kappa shape index (κ2) is 11.4. The molecule has 1 aliphatic carbocycles. The number of hydrogen-bond acceptors (Lipinski definition) is 7. The first-order valence-corrected chi connectivity index (χ1v) is 14.1. The van der Waals surface area contributed by atoms with E-state index >= 15 is 0 Å². The molecule has 3 heterocycles. The van der Waals surface area contributed by atoms with E-state index in [0.29, 0.717) is 34.3 Å². The van der Waals surface area contributed by atoms with Crippen LogP contribution in [0.2, 0.25) is 0 Å². The van der Waals surface area contributed by atoms with Gasteiger partial charge in [-0.15, -0.1) is 8.78 Å². The molecular formula is C31H30F2N4O5. The van der Waals surface area contributed by atoms with Crippen LogP contribution in [0.4, 0.5) is 14.5 Å². The largest absolute Gasteiger partial charge is 0.586 e. The van der Waals surface area contributed by atoms with E-state index in [9.17, 15) is 18.4 Å². The highest BCUT2D eigenvalue weighted by atomic mass is 19.3. The minimum atomic E-state index is -3.77. The number of anilines is 1. The second-order valence-corrected chi connectivity index (χ2v) is 10.4. The first-order chi connectivity index (χ1) is 20.3. The Hall–Kier alpha value is -4.54. The summed E-state index contributed by atoms with van der Waals surface area (Å²) in [6.07, 6.45) is 5.21. The molecule has 6 rings (SSSR count). The minimum absolute atomic E-state index is 0.0164. The van der Waals surface area contributed by atoms with Gasteiger partial charge < -0.3 is 19.1 Å². The van der Waals surface area contributed by atoms with Crippen molar-refractivity contribution in [2.24, 2.45) is 0 Å². The topological polar surface area (TPSA) is 95.8 Å². The lowest BCUT2D eigenvalue weighted by molar-refractivity contribution is -0.286. The molecule has 0 unspecified atom stereocenters. The van der Waals surface area contributed by atoms with Gasteiger partial charge in [-0.05, 0) is 62.4 Å². The van der Waals surface area contributed by atoms with Gasteiger partial charge in [0.25, 0.3) is 5.56 Å². The summed E-state index contributed by atoms with van der Waals surface area (Å²) in [5, 5.41) is 5.67. The van der Waals surface area contributed by atoms with Crippen LogP contribution in [0.1, 0.15) is 50.3 Å². The molecule has 218 valence electrons. The second-order valence-electron chi connectivity index (χ2n) is 10.4. The molecule has 0 atom stereocenters. The summed E-state index contributed by atoms with van der Waals surface area (Å²) in [7, 11) is 0. The predicted molar refractivity (Wildman–Crippen MR) is 151 cm³/mol. The van der Waals surface area contributed by atoms with E-state index in [1.165, 1.54) is 29.5 Å². The Labute approximate surface area is 240 Å². The number of fused-ring (bicyclic) bond motifs is 2. The number of halogens is 2. The number of rotatable bonds is 8. The van der Waals surface area contributed by atoms with Crippen LogP contribution in [0.25, 0.3) is 10.8 Å². The third-order valence-corrected chi connectivity index (χ3v) is 7.57. The lowest BCUT2D eigenvalue weighted by Gasteiger charge is -2.24. The molecule has 1 aliphatic heterocycles. The van der Waals surface area contributed by atoms with Crippen LogP contribution in [0.15, 0.2) is 65.7 Å². The van der Waals surface area contributed by atoms with Crippen molar-refractivity contribution >= 4 is 22.4 Å². The van der Waals surface area contributed by atoms with Crippen molar-refractivity contribution < 1.29 is 27.8 Å². The quantitative estimate of drug-likeness (QED) is 0.275. The van der Waals surface area contributed by atoms with Gasteiger partial charge in [-0.3, -0.25) is 14.6 Å². The van der Waals surface area contributed by atoms with Crippen molar-refractivity contribution in [2.75, 3.05) is 11.4 Å². The Kier molecular flexibility index (Phi) is 7.49. The predicted octanol–water partition coefficient (Wildman–Crippen LogP) is 5.47. The smallest absolute Gasteiger partial charge is 0.490 e. The number of alkyl halides is 2. The van der Waals surface area contributed by atoms with E-state index in [0.717, 1.165) is 35.9 Å². The summed E-state index contributed by atoms with van der Waals surface area (Å²) in [6.45, 7) is 1.60. The van der Waals surface area contributed by atoms with Crippen LogP contribution in [0.5, 0.6) is 17.2 Å². The van der Waals surface area contributed by atoms with Gasteiger partial charge in [0.05, 0.1) is 17.2 Å². The van der Waals surface area contributed by atoms with Crippen LogP contribution in [0, 0.1) is 0 Å². The zero-order chi connectivity index (χ0) is 29.3. The van der Waals surface area contributed by atoms with Crippen LogP contribution < -0.4 is 24.7 Å². The van der Waals surface area contributed by atoms with Gasteiger partial charge in [0.2, 0.25) is 5.91 Å².